The normalized spacial score (nSPS) is 12.9. The Morgan fingerprint density at radius 3 is 2.06 bits per heavy atom. The minimum Gasteiger partial charge on any atom is -0.508 e. The Kier molecular flexibility index (Phi) is 4.15. The Morgan fingerprint density at radius 1 is 1.18 bits per heavy atom. The first-order valence-corrected chi connectivity index (χ1v) is 10.6. The van der Waals surface area contributed by atoms with E-state index in [9.17, 15) is 5.11 Å². The molecule has 1 aromatic rings. The van der Waals surface area contributed by atoms with Gasteiger partial charge in [-0.1, -0.05) is 68.5 Å². The zero-order valence-corrected chi connectivity index (χ0v) is 14.3. The average molecular weight is 315 g/mol. The summed E-state index contributed by atoms with van der Waals surface area (Å²) in [6.07, 6.45) is 0. The molecule has 0 fully saturated rings. The molecule has 0 aromatic heterocycles. The Morgan fingerprint density at radius 2 is 1.71 bits per heavy atom. The third-order valence-electron chi connectivity index (χ3n) is 3.01. The number of halogens is 1. The highest BCUT2D eigenvalue weighted by molar-refractivity contribution is 9.08. The van der Waals surface area contributed by atoms with Crippen LogP contribution in [0.3, 0.4) is 0 Å². The van der Waals surface area contributed by atoms with Crippen molar-refractivity contribution in [2.45, 2.75) is 51.2 Å². The summed E-state index contributed by atoms with van der Waals surface area (Å²) >= 11 is 3.47. The lowest BCUT2D eigenvalue weighted by atomic mass is 9.86. The van der Waals surface area contributed by atoms with Gasteiger partial charge < -0.3 is 5.11 Å². The first-order chi connectivity index (χ1) is 7.57. The Balaban J connectivity index is 3.50. The maximum atomic E-state index is 10.3. The molecule has 0 bridgehead atoms. The number of phenols is 1. The van der Waals surface area contributed by atoms with E-state index in [1.54, 1.807) is 0 Å². The van der Waals surface area contributed by atoms with Gasteiger partial charge >= 0.3 is 0 Å². The summed E-state index contributed by atoms with van der Waals surface area (Å²) in [5.41, 5.74) is 2.44. The molecule has 3 heteroatoms. The number of benzene rings is 1. The average Bonchev–Trinajstić information content (AvgIpc) is 2.14. The largest absolute Gasteiger partial charge is 0.508 e. The number of phenolic OH excluding ortho intramolecular Hbond substituents is 1. The third kappa shape index (κ3) is 3.35. The summed E-state index contributed by atoms with van der Waals surface area (Å²) in [4.78, 5) is 0. The van der Waals surface area contributed by atoms with Crippen molar-refractivity contribution in [2.24, 2.45) is 0 Å². The van der Waals surface area contributed by atoms with Crippen molar-refractivity contribution in [2.75, 3.05) is 0 Å². The Hall–Kier alpha value is -0.283. The quantitative estimate of drug-likeness (QED) is 0.643. The second-order valence-electron chi connectivity index (χ2n) is 6.67. The summed E-state index contributed by atoms with van der Waals surface area (Å²) in [5.74, 6) is 0.494. The summed E-state index contributed by atoms with van der Waals surface area (Å²) in [7, 11) is -1.51. The van der Waals surface area contributed by atoms with Crippen LogP contribution >= 0.6 is 15.9 Å². The molecule has 1 nitrogen and oxygen atoms in total. The topological polar surface area (TPSA) is 20.2 Å². The molecule has 0 amide bonds. The fraction of sp³-hybridized carbons (Fsp3) is 0.571. The monoisotopic (exact) mass is 314 g/mol. The molecule has 0 aliphatic heterocycles. The van der Waals surface area contributed by atoms with E-state index in [-0.39, 0.29) is 5.41 Å². The van der Waals surface area contributed by atoms with Crippen LogP contribution in [0, 0.1) is 0 Å². The number of aromatic hydroxyl groups is 1. The number of alkyl halides is 1. The lowest BCUT2D eigenvalue weighted by Crippen LogP contribution is -2.39. The van der Waals surface area contributed by atoms with Gasteiger partial charge in [0.1, 0.15) is 5.75 Å². The first kappa shape index (κ1) is 14.8. The van der Waals surface area contributed by atoms with Crippen LogP contribution < -0.4 is 5.19 Å². The minimum absolute atomic E-state index is 0.124. The predicted molar refractivity (Wildman–Crippen MR) is 82.4 cm³/mol. The SMILES string of the molecule is CC(C)(C)c1cc(CBr)c(O)c([Si](C)(C)C)c1. The lowest BCUT2D eigenvalue weighted by Gasteiger charge is -2.26. The summed E-state index contributed by atoms with van der Waals surface area (Å²) in [6, 6.07) is 4.32. The molecule has 1 rings (SSSR count). The highest BCUT2D eigenvalue weighted by atomic mass is 79.9. The van der Waals surface area contributed by atoms with Gasteiger partial charge in [-0.3, -0.25) is 0 Å². The molecule has 0 heterocycles. The first-order valence-electron chi connectivity index (χ1n) is 6.00. The van der Waals surface area contributed by atoms with E-state index in [2.05, 4.69) is 68.5 Å². The van der Waals surface area contributed by atoms with E-state index in [1.165, 1.54) is 10.8 Å². The van der Waals surface area contributed by atoms with Gasteiger partial charge in [0, 0.05) is 10.9 Å². The van der Waals surface area contributed by atoms with E-state index in [0.29, 0.717) is 11.1 Å². The van der Waals surface area contributed by atoms with Crippen molar-refractivity contribution >= 4 is 29.2 Å². The van der Waals surface area contributed by atoms with Crippen LogP contribution in [-0.2, 0) is 10.7 Å². The van der Waals surface area contributed by atoms with Gasteiger partial charge in [0.05, 0.1) is 8.07 Å². The molecule has 0 aliphatic carbocycles. The van der Waals surface area contributed by atoms with Gasteiger partial charge in [0.2, 0.25) is 0 Å². The fourth-order valence-electron chi connectivity index (χ4n) is 1.80. The van der Waals surface area contributed by atoms with E-state index in [4.69, 9.17) is 0 Å². The van der Waals surface area contributed by atoms with Crippen LogP contribution in [0.5, 0.6) is 5.75 Å². The molecule has 1 aromatic carbocycles. The highest BCUT2D eigenvalue weighted by Gasteiger charge is 2.25. The van der Waals surface area contributed by atoms with Crippen LogP contribution in [0.25, 0.3) is 0 Å². The standard InChI is InChI=1S/C14H23BrOSi/c1-14(2,3)11-7-10(9-15)13(16)12(8-11)17(4,5)6/h7-8,16H,9H2,1-6H3. The van der Waals surface area contributed by atoms with Gasteiger partial charge in [0.15, 0.2) is 0 Å². The van der Waals surface area contributed by atoms with E-state index >= 15 is 0 Å². The van der Waals surface area contributed by atoms with Crippen molar-refractivity contribution in [3.05, 3.63) is 23.3 Å². The number of rotatable bonds is 2. The molecule has 0 aliphatic rings. The summed E-state index contributed by atoms with van der Waals surface area (Å²) in [5, 5.41) is 12.2. The molecule has 0 spiro atoms. The van der Waals surface area contributed by atoms with Crippen LogP contribution in [0.2, 0.25) is 19.6 Å². The lowest BCUT2D eigenvalue weighted by molar-refractivity contribution is 0.473. The van der Waals surface area contributed by atoms with Crippen molar-refractivity contribution in [1.82, 2.24) is 0 Å². The van der Waals surface area contributed by atoms with Crippen molar-refractivity contribution in [3.8, 4) is 5.75 Å². The Labute approximate surface area is 114 Å². The van der Waals surface area contributed by atoms with Crippen molar-refractivity contribution < 1.29 is 5.11 Å². The van der Waals surface area contributed by atoms with E-state index in [1.807, 2.05) is 0 Å². The van der Waals surface area contributed by atoms with Gasteiger partial charge in [-0.15, -0.1) is 0 Å². The van der Waals surface area contributed by atoms with Gasteiger partial charge in [-0.2, -0.15) is 0 Å². The molecule has 0 radical (unpaired) electrons. The number of hydrogen-bond donors (Lipinski definition) is 1. The molecule has 0 saturated carbocycles. The molecule has 0 atom stereocenters. The fourth-order valence-corrected chi connectivity index (χ4v) is 3.69. The molecule has 1 N–H and O–H groups in total. The molecule has 96 valence electrons. The number of hydrogen-bond acceptors (Lipinski definition) is 1. The molecular formula is C14H23BrOSi. The van der Waals surface area contributed by atoms with Gasteiger partial charge in [-0.05, 0) is 16.2 Å². The van der Waals surface area contributed by atoms with Gasteiger partial charge in [-0.25, -0.2) is 0 Å². The van der Waals surface area contributed by atoms with E-state index in [0.717, 1.165) is 5.56 Å². The second-order valence-corrected chi connectivity index (χ2v) is 12.3. The van der Waals surface area contributed by atoms with Crippen molar-refractivity contribution in [3.63, 3.8) is 0 Å². The van der Waals surface area contributed by atoms with E-state index < -0.39 is 8.07 Å². The third-order valence-corrected chi connectivity index (χ3v) is 5.61. The molecule has 0 saturated heterocycles. The summed E-state index contributed by atoms with van der Waals surface area (Å²) < 4.78 is 0. The van der Waals surface area contributed by atoms with Gasteiger partial charge in [0.25, 0.3) is 0 Å². The zero-order valence-electron chi connectivity index (χ0n) is 11.7. The summed E-state index contributed by atoms with van der Waals surface area (Å²) in [6.45, 7) is 13.5. The van der Waals surface area contributed by atoms with Crippen LogP contribution in [0.4, 0.5) is 0 Å². The Bertz CT molecular complexity index is 413. The van der Waals surface area contributed by atoms with Crippen LogP contribution in [0.15, 0.2) is 12.1 Å². The maximum absolute atomic E-state index is 10.3. The van der Waals surface area contributed by atoms with Crippen LogP contribution in [-0.4, -0.2) is 13.2 Å². The van der Waals surface area contributed by atoms with Crippen LogP contribution in [0.1, 0.15) is 31.9 Å². The second kappa shape index (κ2) is 4.77. The highest BCUT2D eigenvalue weighted by Crippen LogP contribution is 2.29. The predicted octanol–water partition coefficient (Wildman–Crippen LogP) is 4.13. The minimum atomic E-state index is -1.51. The van der Waals surface area contributed by atoms with Crippen molar-refractivity contribution in [1.29, 1.82) is 0 Å². The smallest absolute Gasteiger partial charge is 0.118 e. The molecular weight excluding hydrogens is 292 g/mol. The molecule has 0 unspecified atom stereocenters. The molecule has 17 heavy (non-hydrogen) atoms. The maximum Gasteiger partial charge on any atom is 0.118 e. The zero-order chi connectivity index (χ0) is 13.4.